The summed E-state index contributed by atoms with van der Waals surface area (Å²) in [5.74, 6) is -0.222. The van der Waals surface area contributed by atoms with E-state index in [-0.39, 0.29) is 11.1 Å². The maximum Gasteiger partial charge on any atom is 0.254 e. The Morgan fingerprint density at radius 1 is 1.56 bits per heavy atom. The highest BCUT2D eigenvalue weighted by atomic mass is 79.9. The van der Waals surface area contributed by atoms with Gasteiger partial charge in [0, 0.05) is 20.4 Å². The van der Waals surface area contributed by atoms with Crippen molar-refractivity contribution in [2.45, 2.75) is 13.5 Å². The van der Waals surface area contributed by atoms with Crippen LogP contribution in [0.25, 0.3) is 0 Å². The van der Waals surface area contributed by atoms with Gasteiger partial charge in [-0.3, -0.25) is 4.79 Å². The maximum absolute atomic E-state index is 11.9. The van der Waals surface area contributed by atoms with E-state index in [2.05, 4.69) is 26.2 Å². The molecule has 0 aliphatic rings. The zero-order valence-corrected chi connectivity index (χ0v) is 12.7. The molecule has 2 heterocycles. The fourth-order valence-electron chi connectivity index (χ4n) is 1.42. The molecule has 1 N–H and O–H groups in total. The minimum absolute atomic E-state index is 0.207. The van der Waals surface area contributed by atoms with E-state index < -0.39 is 0 Å². The van der Waals surface area contributed by atoms with Crippen molar-refractivity contribution in [3.8, 4) is 0 Å². The Balaban J connectivity index is 2.05. The molecule has 0 saturated heterocycles. The van der Waals surface area contributed by atoms with Gasteiger partial charge in [0.2, 0.25) is 0 Å². The van der Waals surface area contributed by atoms with E-state index in [9.17, 15) is 4.79 Å². The standard InChI is InChI=1S/C12H10BrClN2OS/c1-7-2-3-9(18-7)6-16-12(17)10-4-8(13)5-15-11(10)14/h2-5H,6H2,1H3,(H,16,17). The SMILES string of the molecule is Cc1ccc(CNC(=O)c2cc(Br)cnc2Cl)s1. The minimum Gasteiger partial charge on any atom is -0.347 e. The summed E-state index contributed by atoms with van der Waals surface area (Å²) in [6.07, 6.45) is 1.56. The van der Waals surface area contributed by atoms with Crippen LogP contribution in [0.1, 0.15) is 20.1 Å². The number of carbonyl (C=O) groups excluding carboxylic acids is 1. The van der Waals surface area contributed by atoms with Gasteiger partial charge in [0.15, 0.2) is 0 Å². The third-order valence-corrected chi connectivity index (χ3v) is 4.01. The molecule has 0 fully saturated rings. The number of nitrogens with zero attached hydrogens (tertiary/aromatic N) is 1. The predicted octanol–water partition coefficient (Wildman–Crippen LogP) is 3.80. The maximum atomic E-state index is 11.9. The van der Waals surface area contributed by atoms with Gasteiger partial charge in [-0.05, 0) is 41.1 Å². The summed E-state index contributed by atoms with van der Waals surface area (Å²) in [5.41, 5.74) is 0.374. The number of amides is 1. The lowest BCUT2D eigenvalue weighted by Crippen LogP contribution is -2.22. The molecule has 0 aliphatic carbocycles. The van der Waals surface area contributed by atoms with E-state index in [1.807, 2.05) is 19.1 Å². The molecule has 2 aromatic heterocycles. The van der Waals surface area contributed by atoms with E-state index in [1.54, 1.807) is 23.6 Å². The number of aryl methyl sites for hydroxylation is 1. The molecule has 0 aromatic carbocycles. The van der Waals surface area contributed by atoms with Crippen LogP contribution in [0.4, 0.5) is 0 Å². The topological polar surface area (TPSA) is 42.0 Å². The molecule has 3 nitrogen and oxygen atoms in total. The zero-order chi connectivity index (χ0) is 13.1. The summed E-state index contributed by atoms with van der Waals surface area (Å²) in [7, 11) is 0. The Bertz CT molecular complexity index is 585. The monoisotopic (exact) mass is 344 g/mol. The number of hydrogen-bond donors (Lipinski definition) is 1. The van der Waals surface area contributed by atoms with Gasteiger partial charge in [-0.2, -0.15) is 0 Å². The molecule has 94 valence electrons. The van der Waals surface area contributed by atoms with Gasteiger partial charge < -0.3 is 5.32 Å². The first kappa shape index (κ1) is 13.5. The smallest absolute Gasteiger partial charge is 0.254 e. The van der Waals surface area contributed by atoms with E-state index in [4.69, 9.17) is 11.6 Å². The molecule has 0 bridgehead atoms. The van der Waals surface area contributed by atoms with Crippen LogP contribution in [-0.2, 0) is 6.54 Å². The Labute approximate surface area is 122 Å². The second kappa shape index (κ2) is 5.82. The molecule has 0 unspecified atom stereocenters. The Kier molecular flexibility index (Phi) is 4.37. The first-order valence-electron chi connectivity index (χ1n) is 5.21. The van der Waals surface area contributed by atoms with Crippen molar-refractivity contribution in [2.75, 3.05) is 0 Å². The van der Waals surface area contributed by atoms with Crippen molar-refractivity contribution >= 4 is 44.8 Å². The fourth-order valence-corrected chi connectivity index (χ4v) is 2.78. The highest BCUT2D eigenvalue weighted by Gasteiger charge is 2.12. The molecule has 2 aromatic rings. The Morgan fingerprint density at radius 3 is 3.00 bits per heavy atom. The van der Waals surface area contributed by atoms with E-state index in [0.29, 0.717) is 12.1 Å². The lowest BCUT2D eigenvalue weighted by molar-refractivity contribution is 0.0951. The van der Waals surface area contributed by atoms with Crippen LogP contribution in [0.5, 0.6) is 0 Å². The number of thiophene rings is 1. The van der Waals surface area contributed by atoms with Crippen LogP contribution < -0.4 is 5.32 Å². The average Bonchev–Trinajstić information content (AvgIpc) is 2.75. The number of hydrogen-bond acceptors (Lipinski definition) is 3. The molecule has 18 heavy (non-hydrogen) atoms. The van der Waals surface area contributed by atoms with Crippen molar-refractivity contribution in [3.05, 3.63) is 49.3 Å². The van der Waals surface area contributed by atoms with E-state index in [0.717, 1.165) is 9.35 Å². The number of pyridine rings is 1. The molecule has 0 aliphatic heterocycles. The van der Waals surface area contributed by atoms with Crippen molar-refractivity contribution < 1.29 is 4.79 Å². The summed E-state index contributed by atoms with van der Waals surface area (Å²) in [6.45, 7) is 2.53. The van der Waals surface area contributed by atoms with Gasteiger partial charge in [0.1, 0.15) is 5.15 Å². The quantitative estimate of drug-likeness (QED) is 0.860. The molecule has 0 radical (unpaired) electrons. The molecule has 6 heteroatoms. The van der Waals surface area contributed by atoms with Gasteiger partial charge in [-0.15, -0.1) is 11.3 Å². The predicted molar refractivity (Wildman–Crippen MR) is 77.2 cm³/mol. The van der Waals surface area contributed by atoms with Gasteiger partial charge in [-0.25, -0.2) is 4.98 Å². The van der Waals surface area contributed by atoms with Gasteiger partial charge in [-0.1, -0.05) is 11.6 Å². The van der Waals surface area contributed by atoms with Crippen LogP contribution in [0.3, 0.4) is 0 Å². The van der Waals surface area contributed by atoms with Crippen LogP contribution in [0.2, 0.25) is 5.15 Å². The second-order valence-electron chi connectivity index (χ2n) is 3.69. The highest BCUT2D eigenvalue weighted by molar-refractivity contribution is 9.10. The van der Waals surface area contributed by atoms with Gasteiger partial charge in [0.05, 0.1) is 12.1 Å². The Morgan fingerprint density at radius 2 is 2.33 bits per heavy atom. The van der Waals surface area contributed by atoms with E-state index >= 15 is 0 Å². The fraction of sp³-hybridized carbons (Fsp3) is 0.167. The molecular weight excluding hydrogens is 336 g/mol. The molecule has 0 saturated carbocycles. The lowest BCUT2D eigenvalue weighted by atomic mass is 10.2. The average molecular weight is 346 g/mol. The van der Waals surface area contributed by atoms with Crippen molar-refractivity contribution in [1.29, 1.82) is 0 Å². The first-order valence-corrected chi connectivity index (χ1v) is 7.19. The molecule has 0 spiro atoms. The second-order valence-corrected chi connectivity index (χ2v) is 6.33. The third kappa shape index (κ3) is 3.31. The third-order valence-electron chi connectivity index (χ3n) is 2.27. The zero-order valence-electron chi connectivity index (χ0n) is 9.54. The molecule has 2 rings (SSSR count). The van der Waals surface area contributed by atoms with Crippen molar-refractivity contribution in [3.63, 3.8) is 0 Å². The number of rotatable bonds is 3. The van der Waals surface area contributed by atoms with Crippen LogP contribution in [-0.4, -0.2) is 10.9 Å². The largest absolute Gasteiger partial charge is 0.347 e. The summed E-state index contributed by atoms with van der Waals surface area (Å²) in [5, 5.41) is 3.03. The van der Waals surface area contributed by atoms with Crippen molar-refractivity contribution in [1.82, 2.24) is 10.3 Å². The normalized spacial score (nSPS) is 10.4. The summed E-state index contributed by atoms with van der Waals surface area (Å²) >= 11 is 10.8. The van der Waals surface area contributed by atoms with Crippen molar-refractivity contribution in [2.24, 2.45) is 0 Å². The summed E-state index contributed by atoms with van der Waals surface area (Å²) in [4.78, 5) is 18.2. The minimum atomic E-state index is -0.222. The summed E-state index contributed by atoms with van der Waals surface area (Å²) in [6, 6.07) is 5.69. The Hall–Kier alpha value is -0.910. The molecular formula is C12H10BrClN2OS. The van der Waals surface area contributed by atoms with Crippen LogP contribution in [0.15, 0.2) is 28.9 Å². The molecule has 0 atom stereocenters. The molecule has 1 amide bonds. The number of nitrogens with one attached hydrogen (secondary N) is 1. The van der Waals surface area contributed by atoms with Crippen LogP contribution >= 0.6 is 38.9 Å². The first-order chi connectivity index (χ1) is 8.56. The number of carbonyl (C=O) groups is 1. The van der Waals surface area contributed by atoms with Gasteiger partial charge in [0.25, 0.3) is 5.91 Å². The van der Waals surface area contributed by atoms with E-state index in [1.165, 1.54) is 4.88 Å². The number of halogens is 2. The summed E-state index contributed by atoms with van der Waals surface area (Å²) < 4.78 is 0.726. The van der Waals surface area contributed by atoms with Crippen LogP contribution in [0, 0.1) is 6.92 Å². The number of aromatic nitrogens is 1. The highest BCUT2D eigenvalue weighted by Crippen LogP contribution is 2.19. The van der Waals surface area contributed by atoms with Gasteiger partial charge >= 0.3 is 0 Å². The lowest BCUT2D eigenvalue weighted by Gasteiger charge is -2.05.